The van der Waals surface area contributed by atoms with Crippen LogP contribution >= 0.6 is 15.9 Å². The van der Waals surface area contributed by atoms with Crippen molar-refractivity contribution in [3.8, 4) is 0 Å². The minimum Gasteiger partial charge on any atom is -0.438 e. The van der Waals surface area contributed by atoms with E-state index in [0.29, 0.717) is 22.5 Å². The van der Waals surface area contributed by atoms with Gasteiger partial charge in [0.2, 0.25) is 5.88 Å². The lowest BCUT2D eigenvalue weighted by Gasteiger charge is -2.16. The molecule has 1 fully saturated rings. The maximum Gasteiger partial charge on any atom is 0.220 e. The Morgan fingerprint density at radius 3 is 2.96 bits per heavy atom. The molecule has 5 N–H and O–H groups in total. The zero-order valence-electron chi connectivity index (χ0n) is 13.7. The van der Waals surface area contributed by atoms with Crippen LogP contribution in [0.1, 0.15) is 32.1 Å². The van der Waals surface area contributed by atoms with Crippen LogP contribution in [0.25, 0.3) is 0 Å². The van der Waals surface area contributed by atoms with E-state index in [-0.39, 0.29) is 6.61 Å². The highest BCUT2D eigenvalue weighted by molar-refractivity contribution is 9.11. The van der Waals surface area contributed by atoms with E-state index < -0.39 is 0 Å². The normalized spacial score (nSPS) is 19.3. The molecule has 0 atom stereocenters. The Morgan fingerprint density at radius 2 is 2.29 bits per heavy atom. The van der Waals surface area contributed by atoms with Crippen molar-refractivity contribution < 1.29 is 9.84 Å². The third-order valence-electron chi connectivity index (χ3n) is 3.77. The van der Waals surface area contributed by atoms with Crippen molar-refractivity contribution in [2.45, 2.75) is 32.1 Å². The second-order valence-electron chi connectivity index (χ2n) is 5.86. The van der Waals surface area contributed by atoms with Gasteiger partial charge in [-0.25, -0.2) is 10.8 Å². The lowest BCUT2D eigenvalue weighted by molar-refractivity contribution is 0.277. The van der Waals surface area contributed by atoms with Gasteiger partial charge in [-0.05, 0) is 60.0 Å². The van der Waals surface area contributed by atoms with E-state index in [1.165, 1.54) is 19.0 Å². The zero-order valence-corrected chi connectivity index (χ0v) is 15.3. The Bertz CT molecular complexity index is 577. The first-order valence-corrected chi connectivity index (χ1v) is 8.92. The number of nitrogens with two attached hydrogens (primary N) is 2. The van der Waals surface area contributed by atoms with Gasteiger partial charge in [-0.1, -0.05) is 6.08 Å². The van der Waals surface area contributed by atoms with Crippen LogP contribution in [0.4, 0.5) is 0 Å². The summed E-state index contributed by atoms with van der Waals surface area (Å²) >= 11 is 3.38. The third kappa shape index (κ3) is 6.14. The minimum absolute atomic E-state index is 0.0624. The molecule has 132 valence electrons. The summed E-state index contributed by atoms with van der Waals surface area (Å²) in [6, 6.07) is 0. The van der Waals surface area contributed by atoms with Crippen LogP contribution in [0, 0.1) is 5.92 Å². The van der Waals surface area contributed by atoms with Gasteiger partial charge in [0.05, 0.1) is 11.1 Å². The SMILES string of the molecule is N/C=C(\Br)C(=CC/C=C/N(N)CC1CC1)OC1=C(CO)CCC=N1. The summed E-state index contributed by atoms with van der Waals surface area (Å²) in [5.41, 5.74) is 6.37. The molecule has 0 bridgehead atoms. The van der Waals surface area contributed by atoms with Crippen LogP contribution in [0.3, 0.4) is 0 Å². The summed E-state index contributed by atoms with van der Waals surface area (Å²) < 4.78 is 6.47. The maximum absolute atomic E-state index is 9.41. The standard InChI is InChI=1S/C17H25BrN4O2/c18-15(10-19)16(24-17-14(12-23)4-3-8-21-17)5-1-2-9-22(20)11-13-6-7-13/h2,5,8-10,13,23H,1,3-4,6-7,11-12,19-20H2/b9-2+,15-10-,16-5?. The van der Waals surface area contributed by atoms with Crippen LogP contribution in [-0.2, 0) is 4.74 Å². The molecule has 2 rings (SSSR count). The van der Waals surface area contributed by atoms with Gasteiger partial charge in [-0.15, -0.1) is 0 Å². The van der Waals surface area contributed by atoms with Crippen molar-refractivity contribution in [3.63, 3.8) is 0 Å². The van der Waals surface area contributed by atoms with Crippen molar-refractivity contribution in [1.29, 1.82) is 0 Å². The fourth-order valence-electron chi connectivity index (χ4n) is 2.23. The van der Waals surface area contributed by atoms with Gasteiger partial charge in [-0.2, -0.15) is 0 Å². The molecule has 1 aliphatic carbocycles. The number of halogens is 1. The van der Waals surface area contributed by atoms with Crippen molar-refractivity contribution >= 4 is 22.1 Å². The predicted octanol–water partition coefficient (Wildman–Crippen LogP) is 2.64. The van der Waals surface area contributed by atoms with Crippen LogP contribution in [0.15, 0.2) is 51.2 Å². The number of rotatable bonds is 9. The summed E-state index contributed by atoms with van der Waals surface area (Å²) in [5.74, 6) is 7.65. The molecule has 7 heteroatoms. The lowest BCUT2D eigenvalue weighted by atomic mass is 10.1. The highest BCUT2D eigenvalue weighted by atomic mass is 79.9. The Balaban J connectivity index is 1.98. The number of aliphatic hydroxyl groups is 1. The summed E-state index contributed by atoms with van der Waals surface area (Å²) in [5, 5.41) is 11.1. The van der Waals surface area contributed by atoms with E-state index in [1.54, 1.807) is 11.2 Å². The van der Waals surface area contributed by atoms with Crippen LogP contribution in [0.5, 0.6) is 0 Å². The first kappa shape index (κ1) is 18.8. The number of nitrogens with zero attached hydrogens (tertiary/aromatic N) is 2. The van der Waals surface area contributed by atoms with E-state index in [2.05, 4.69) is 20.9 Å². The first-order valence-electron chi connectivity index (χ1n) is 8.13. The van der Waals surface area contributed by atoms with E-state index in [1.807, 2.05) is 18.4 Å². The molecule has 0 aromatic carbocycles. The van der Waals surface area contributed by atoms with E-state index in [4.69, 9.17) is 16.3 Å². The van der Waals surface area contributed by atoms with Crippen LogP contribution < -0.4 is 11.6 Å². The zero-order chi connectivity index (χ0) is 17.4. The monoisotopic (exact) mass is 396 g/mol. The number of aliphatic hydroxyl groups excluding tert-OH is 1. The molecule has 24 heavy (non-hydrogen) atoms. The minimum atomic E-state index is -0.0624. The fourth-order valence-corrected chi connectivity index (χ4v) is 2.48. The van der Waals surface area contributed by atoms with Crippen molar-refractivity contribution in [1.82, 2.24) is 5.01 Å². The molecule has 6 nitrogen and oxygen atoms in total. The topological polar surface area (TPSA) is 97.1 Å². The highest BCUT2D eigenvalue weighted by Gasteiger charge is 2.22. The summed E-state index contributed by atoms with van der Waals surface area (Å²) in [6.07, 6.45) is 13.7. The molecule has 0 aromatic heterocycles. The van der Waals surface area contributed by atoms with Gasteiger partial charge >= 0.3 is 0 Å². The second kappa shape index (κ2) is 9.66. The van der Waals surface area contributed by atoms with Gasteiger partial charge in [0.15, 0.2) is 0 Å². The first-order chi connectivity index (χ1) is 11.6. The van der Waals surface area contributed by atoms with E-state index in [9.17, 15) is 5.11 Å². The molecule has 0 spiro atoms. The predicted molar refractivity (Wildman–Crippen MR) is 99.6 cm³/mol. The number of ether oxygens (including phenoxy) is 1. The molecule has 1 saturated carbocycles. The van der Waals surface area contributed by atoms with Crippen molar-refractivity contribution in [2.75, 3.05) is 13.2 Å². The molecule has 0 radical (unpaired) electrons. The molecule has 1 heterocycles. The Hall–Kier alpha value is -1.57. The quantitative estimate of drug-likeness (QED) is 0.241. The smallest absolute Gasteiger partial charge is 0.220 e. The fraction of sp³-hybridized carbons (Fsp3) is 0.471. The summed E-state index contributed by atoms with van der Waals surface area (Å²) in [4.78, 5) is 4.23. The third-order valence-corrected chi connectivity index (χ3v) is 4.42. The van der Waals surface area contributed by atoms with Crippen molar-refractivity contribution in [3.05, 3.63) is 46.2 Å². The van der Waals surface area contributed by atoms with Gasteiger partial charge in [0.25, 0.3) is 0 Å². The Labute approximate surface area is 151 Å². The van der Waals surface area contributed by atoms with Gasteiger partial charge < -0.3 is 20.6 Å². The number of aliphatic imine (C=N–C) groups is 1. The van der Waals surface area contributed by atoms with Crippen LogP contribution in [-0.4, -0.2) is 29.5 Å². The largest absolute Gasteiger partial charge is 0.438 e. The number of hydrazine groups is 1. The Kier molecular flexibility index (Phi) is 7.55. The van der Waals surface area contributed by atoms with Gasteiger partial charge in [0.1, 0.15) is 5.76 Å². The maximum atomic E-state index is 9.41. The van der Waals surface area contributed by atoms with Gasteiger partial charge in [-0.3, -0.25) is 0 Å². The summed E-state index contributed by atoms with van der Waals surface area (Å²) in [6.45, 7) is 0.838. The molecule has 0 aromatic rings. The van der Waals surface area contributed by atoms with E-state index >= 15 is 0 Å². The van der Waals surface area contributed by atoms with Crippen LogP contribution in [0.2, 0.25) is 0 Å². The van der Waals surface area contributed by atoms with Gasteiger partial charge in [0, 0.05) is 30.7 Å². The van der Waals surface area contributed by atoms with E-state index in [0.717, 1.165) is 30.9 Å². The molecule has 0 saturated heterocycles. The molecule has 1 aliphatic heterocycles. The molecular weight excluding hydrogens is 372 g/mol. The average Bonchev–Trinajstić information content (AvgIpc) is 3.41. The number of allylic oxidation sites excluding steroid dienone is 3. The number of hydrogen-bond acceptors (Lipinski definition) is 6. The lowest BCUT2D eigenvalue weighted by Crippen LogP contribution is -2.26. The summed E-state index contributed by atoms with van der Waals surface area (Å²) in [7, 11) is 0. The Morgan fingerprint density at radius 1 is 1.50 bits per heavy atom. The average molecular weight is 397 g/mol. The number of hydrogen-bond donors (Lipinski definition) is 3. The molecule has 2 aliphatic rings. The molecule has 0 unspecified atom stereocenters. The second-order valence-corrected chi connectivity index (χ2v) is 6.72. The highest BCUT2D eigenvalue weighted by Crippen LogP contribution is 2.29. The molecular formula is C17H25BrN4O2. The molecule has 0 amide bonds. The van der Waals surface area contributed by atoms with Crippen molar-refractivity contribution in [2.24, 2.45) is 22.5 Å².